The predicted octanol–water partition coefficient (Wildman–Crippen LogP) is 6.82. The first-order chi connectivity index (χ1) is 20.8. The Labute approximate surface area is 255 Å². The minimum absolute atomic E-state index is 0.0647. The Morgan fingerprint density at radius 2 is 1.82 bits per heavy atom. The van der Waals surface area contributed by atoms with Gasteiger partial charge in [0.05, 0.1) is 5.41 Å². The zero-order valence-electron chi connectivity index (χ0n) is 25.1. The van der Waals surface area contributed by atoms with E-state index in [-0.39, 0.29) is 42.8 Å². The fourth-order valence-corrected chi connectivity index (χ4v) is 9.05. The van der Waals surface area contributed by atoms with Gasteiger partial charge in [0.2, 0.25) is 0 Å². The minimum atomic E-state index is -4.82. The number of hydrogen-bond acceptors (Lipinski definition) is 5. The Morgan fingerprint density at radius 3 is 2.48 bits per heavy atom. The molecule has 0 bridgehead atoms. The molecule has 1 saturated heterocycles. The van der Waals surface area contributed by atoms with E-state index in [4.69, 9.17) is 4.74 Å². The number of ether oxygens (including phenoxy) is 1. The number of hydrogen-bond donors (Lipinski definition) is 0. The van der Waals surface area contributed by atoms with Gasteiger partial charge >= 0.3 is 12.1 Å². The highest BCUT2D eigenvalue weighted by Gasteiger charge is 2.66. The third-order valence-electron chi connectivity index (χ3n) is 11.0. The number of carbonyl (C=O) groups excluding carboxylic acids is 3. The number of allylic oxidation sites excluding steroid dienone is 4. The van der Waals surface area contributed by atoms with E-state index in [0.717, 1.165) is 55.3 Å². The monoisotopic (exact) mass is 611 g/mol. The average Bonchev–Trinajstić information content (AvgIpc) is 3.61. The first kappa shape index (κ1) is 30.6. The van der Waals surface area contributed by atoms with Crippen molar-refractivity contribution in [2.24, 2.45) is 22.7 Å². The van der Waals surface area contributed by atoms with E-state index in [0.29, 0.717) is 24.8 Å². The Morgan fingerprint density at radius 1 is 1.11 bits per heavy atom. The summed E-state index contributed by atoms with van der Waals surface area (Å²) in [6.45, 7) is 4.26. The molecule has 1 heterocycles. The van der Waals surface area contributed by atoms with Gasteiger partial charge < -0.3 is 9.64 Å². The summed E-state index contributed by atoms with van der Waals surface area (Å²) in [5.74, 6) is 1.40. The molecule has 0 N–H and O–H groups in total. The van der Waals surface area contributed by atoms with Gasteiger partial charge in [-0.3, -0.25) is 14.4 Å². The summed E-state index contributed by atoms with van der Waals surface area (Å²) in [5, 5.41) is 0. The summed E-state index contributed by atoms with van der Waals surface area (Å²) >= 11 is 0. The van der Waals surface area contributed by atoms with Crippen molar-refractivity contribution in [3.63, 3.8) is 0 Å². The van der Waals surface area contributed by atoms with Crippen LogP contribution in [0.1, 0.15) is 76.7 Å². The van der Waals surface area contributed by atoms with Crippen molar-refractivity contribution in [2.45, 2.75) is 83.5 Å². The first-order valence-corrected chi connectivity index (χ1v) is 15.6. The number of nitrogens with zero attached hydrogens (tertiary/aromatic N) is 1. The number of rotatable bonds is 5. The Hall–Kier alpha value is -3.41. The molecule has 6 rings (SSSR count). The minimum Gasteiger partial charge on any atom is -0.458 e. The number of anilines is 1. The number of Topliss-reactive ketones (excluding diaryl/α,β-unsaturated/α-hetero) is 1. The zero-order valence-corrected chi connectivity index (χ0v) is 25.1. The van der Waals surface area contributed by atoms with Gasteiger partial charge in [-0.15, -0.1) is 0 Å². The molecule has 2 unspecified atom stereocenters. The number of carbonyl (C=O) groups is 3. The summed E-state index contributed by atoms with van der Waals surface area (Å²) in [6, 6.07) is 8.22. The number of benzene rings is 1. The number of alkyl halides is 4. The van der Waals surface area contributed by atoms with Crippen molar-refractivity contribution < 1.29 is 36.7 Å². The Bertz CT molecular complexity index is 1490. The van der Waals surface area contributed by atoms with E-state index in [2.05, 4.69) is 23.0 Å². The van der Waals surface area contributed by atoms with Crippen molar-refractivity contribution >= 4 is 23.2 Å². The molecule has 0 amide bonds. The summed E-state index contributed by atoms with van der Waals surface area (Å²) in [4.78, 5) is 40.2. The zero-order chi connectivity index (χ0) is 31.4. The molecule has 234 valence electrons. The van der Waals surface area contributed by atoms with Crippen LogP contribution in [-0.4, -0.2) is 49.6 Å². The van der Waals surface area contributed by atoms with Crippen LogP contribution in [0.2, 0.25) is 0 Å². The molecule has 1 aromatic rings. The van der Waals surface area contributed by atoms with Gasteiger partial charge in [0, 0.05) is 44.0 Å². The molecule has 0 spiro atoms. The van der Waals surface area contributed by atoms with E-state index in [1.807, 2.05) is 19.1 Å². The first-order valence-electron chi connectivity index (χ1n) is 15.6. The fourth-order valence-electron chi connectivity index (χ4n) is 9.05. The second-order valence-electron chi connectivity index (χ2n) is 13.3. The number of ketones is 2. The highest BCUT2D eigenvalue weighted by Crippen LogP contribution is 2.70. The normalized spacial score (nSPS) is 33.1. The van der Waals surface area contributed by atoms with Gasteiger partial charge in [0.25, 0.3) is 0 Å². The maximum Gasteiger partial charge on any atom is 0.457 e. The molecular formula is C35H37F4NO4. The van der Waals surface area contributed by atoms with Crippen LogP contribution in [0, 0.1) is 34.5 Å². The second-order valence-corrected chi connectivity index (χ2v) is 13.3. The maximum atomic E-state index is 15.9. The lowest BCUT2D eigenvalue weighted by atomic mass is 9.48. The summed E-state index contributed by atoms with van der Waals surface area (Å²) in [6.07, 6.45) is -0.921. The van der Waals surface area contributed by atoms with Crippen molar-refractivity contribution in [3.05, 3.63) is 52.6 Å². The van der Waals surface area contributed by atoms with Crippen LogP contribution in [0.5, 0.6) is 0 Å². The van der Waals surface area contributed by atoms with Crippen LogP contribution in [-0.2, 0) is 19.1 Å². The highest BCUT2D eigenvalue weighted by atomic mass is 19.4. The molecule has 44 heavy (non-hydrogen) atoms. The summed E-state index contributed by atoms with van der Waals surface area (Å²) in [7, 11) is 0. The van der Waals surface area contributed by atoms with E-state index in [9.17, 15) is 27.6 Å². The van der Waals surface area contributed by atoms with Crippen LogP contribution in [0.15, 0.2) is 47.1 Å². The van der Waals surface area contributed by atoms with Crippen molar-refractivity contribution in [3.8, 4) is 11.8 Å². The van der Waals surface area contributed by atoms with Crippen molar-refractivity contribution in [1.82, 2.24) is 0 Å². The molecule has 5 aliphatic rings. The smallest absolute Gasteiger partial charge is 0.457 e. The van der Waals surface area contributed by atoms with E-state index in [1.54, 1.807) is 0 Å². The quantitative estimate of drug-likeness (QED) is 0.208. The molecule has 1 aromatic carbocycles. The van der Waals surface area contributed by atoms with Gasteiger partial charge in [-0.2, -0.15) is 13.2 Å². The highest BCUT2D eigenvalue weighted by molar-refractivity contribution is 5.94. The molecule has 0 radical (unpaired) electrons. The van der Waals surface area contributed by atoms with Crippen molar-refractivity contribution in [1.29, 1.82) is 0 Å². The fraction of sp³-hybridized carbons (Fsp3) is 0.571. The van der Waals surface area contributed by atoms with Gasteiger partial charge in [-0.05, 0) is 97.1 Å². The van der Waals surface area contributed by atoms with Crippen LogP contribution < -0.4 is 4.90 Å². The molecule has 6 atom stereocenters. The van der Waals surface area contributed by atoms with Gasteiger partial charge in [-0.25, -0.2) is 4.39 Å². The van der Waals surface area contributed by atoms with Gasteiger partial charge in [0.15, 0.2) is 18.2 Å². The SMILES string of the molecule is CC(=O)OCC(=O)[C@@]1(C#CC(F)(F)F)CC[C@H]2[C@@H]3CC(F)C4=CC(=O)CCC4=C3C(c3ccc(N4CCCC4)cc3)C[C@@]21C. The standard InChI is InChI=1S/C35H37F4NO4/c1-21(41)44-20-31(43)34(13-14-35(37,38)39)12-11-29-27-18-30(36)26-17-24(42)9-10-25(26)32(27)28(19-33(29,34)2)22-5-7-23(8-6-22)40-15-3-4-16-40/h5-8,17,27-30H,3-4,9-12,15-16,18-20H2,1-2H3/t27-,28?,29-,30?,33-,34-/m0/s1. The van der Waals surface area contributed by atoms with Crippen LogP contribution >= 0.6 is 0 Å². The molecule has 3 fully saturated rings. The number of esters is 1. The van der Waals surface area contributed by atoms with Crippen LogP contribution in [0.3, 0.4) is 0 Å². The molecule has 0 aromatic heterocycles. The van der Waals surface area contributed by atoms with Crippen LogP contribution in [0.25, 0.3) is 0 Å². The van der Waals surface area contributed by atoms with Crippen LogP contribution in [0.4, 0.5) is 23.2 Å². The third kappa shape index (κ3) is 5.18. The molecule has 4 aliphatic carbocycles. The summed E-state index contributed by atoms with van der Waals surface area (Å²) < 4.78 is 61.7. The van der Waals surface area contributed by atoms with Crippen molar-refractivity contribution in [2.75, 3.05) is 24.6 Å². The summed E-state index contributed by atoms with van der Waals surface area (Å²) in [5.41, 5.74) is 1.61. The predicted molar refractivity (Wildman–Crippen MR) is 156 cm³/mol. The molecule has 2 saturated carbocycles. The van der Waals surface area contributed by atoms with E-state index >= 15 is 4.39 Å². The lowest BCUT2D eigenvalue weighted by Crippen LogP contribution is -2.52. The maximum absolute atomic E-state index is 15.9. The van der Waals surface area contributed by atoms with Gasteiger partial charge in [0.1, 0.15) is 6.17 Å². The largest absolute Gasteiger partial charge is 0.458 e. The number of halogens is 4. The Balaban J connectivity index is 1.50. The lowest BCUT2D eigenvalue weighted by molar-refractivity contribution is -0.150. The lowest BCUT2D eigenvalue weighted by Gasteiger charge is -2.55. The molecule has 9 heteroatoms. The average molecular weight is 612 g/mol. The molecule has 5 nitrogen and oxygen atoms in total. The Kier molecular flexibility index (Phi) is 7.78. The number of fused-ring (bicyclic) bond motifs is 4. The molecular weight excluding hydrogens is 574 g/mol. The second kappa shape index (κ2) is 11.2. The van der Waals surface area contributed by atoms with E-state index in [1.165, 1.54) is 12.0 Å². The van der Waals surface area contributed by atoms with Gasteiger partial charge in [-0.1, -0.05) is 30.6 Å². The molecule has 1 aliphatic heterocycles. The topological polar surface area (TPSA) is 63.7 Å². The van der Waals surface area contributed by atoms with E-state index < -0.39 is 41.5 Å². The third-order valence-corrected chi connectivity index (χ3v) is 11.0.